The van der Waals surface area contributed by atoms with E-state index in [0.717, 1.165) is 15.6 Å². The first kappa shape index (κ1) is 16.9. The van der Waals surface area contributed by atoms with E-state index in [1.807, 2.05) is 61.5 Å². The Balaban J connectivity index is 1.67. The highest BCUT2D eigenvalue weighted by molar-refractivity contribution is 9.10. The van der Waals surface area contributed by atoms with Gasteiger partial charge in [0.1, 0.15) is 5.60 Å². The minimum Gasteiger partial charge on any atom is -0.370 e. The second-order valence-electron chi connectivity index (χ2n) is 5.70. The van der Waals surface area contributed by atoms with Crippen molar-refractivity contribution in [1.82, 2.24) is 5.43 Å². The van der Waals surface area contributed by atoms with Gasteiger partial charge in [0.05, 0.1) is 12.1 Å². The topological polar surface area (TPSA) is 50.7 Å². The Morgan fingerprint density at radius 3 is 2.71 bits per heavy atom. The summed E-state index contributed by atoms with van der Waals surface area (Å²) in [5.74, 6) is -0.327. The van der Waals surface area contributed by atoms with Gasteiger partial charge in [-0.05, 0) is 25.0 Å². The van der Waals surface area contributed by atoms with Crippen LogP contribution in [0.4, 0.5) is 0 Å². The summed E-state index contributed by atoms with van der Waals surface area (Å²) in [4.78, 5) is 12.4. The summed E-state index contributed by atoms with van der Waals surface area (Å²) in [7, 11) is 0. The van der Waals surface area contributed by atoms with E-state index >= 15 is 0 Å². The quantitative estimate of drug-likeness (QED) is 0.605. The van der Waals surface area contributed by atoms with Crippen molar-refractivity contribution in [3.05, 3.63) is 70.2 Å². The fourth-order valence-electron chi connectivity index (χ4n) is 2.91. The molecule has 0 spiro atoms. The molecule has 1 amide bonds. The number of amides is 1. The number of benzene rings is 2. The van der Waals surface area contributed by atoms with E-state index in [2.05, 4.69) is 26.5 Å². The van der Waals surface area contributed by atoms with Crippen LogP contribution in [0, 0.1) is 5.92 Å². The maximum atomic E-state index is 12.4. The molecule has 0 bridgehead atoms. The predicted octanol–water partition coefficient (Wildman–Crippen LogP) is 3.85. The van der Waals surface area contributed by atoms with Gasteiger partial charge >= 0.3 is 0 Å². The number of carbonyl (C=O) groups excluding carboxylic acids is 1. The maximum Gasteiger partial charge on any atom is 0.246 e. The minimum atomic E-state index is -0.511. The second-order valence-corrected chi connectivity index (χ2v) is 6.56. The number of hydrogen-bond donors (Lipinski definition) is 1. The molecule has 2 aromatic rings. The Bertz CT molecular complexity index is 748. The van der Waals surface area contributed by atoms with E-state index in [1.165, 1.54) is 0 Å². The van der Waals surface area contributed by atoms with Gasteiger partial charge in [-0.3, -0.25) is 4.79 Å². The van der Waals surface area contributed by atoms with Gasteiger partial charge in [0.2, 0.25) is 5.91 Å². The van der Waals surface area contributed by atoms with Gasteiger partial charge in [-0.1, -0.05) is 64.5 Å². The van der Waals surface area contributed by atoms with Crippen LogP contribution < -0.4 is 5.43 Å². The van der Waals surface area contributed by atoms with Crippen molar-refractivity contribution in [3.63, 3.8) is 0 Å². The zero-order valence-corrected chi connectivity index (χ0v) is 15.0. The molecule has 0 aliphatic heterocycles. The van der Waals surface area contributed by atoms with Gasteiger partial charge < -0.3 is 4.74 Å². The van der Waals surface area contributed by atoms with Gasteiger partial charge in [0.15, 0.2) is 0 Å². The standard InChI is InChI=1S/C19H19BrN2O2/c1-2-24-19(15-9-4-3-5-10-15)12-16(19)18(23)22-21-13-14-8-6-7-11-17(14)20/h3-11,13,16H,2,12H2,1H3,(H,22,23)/b21-13-/t16-,19-/m1/s1. The van der Waals surface area contributed by atoms with Crippen LogP contribution in [0.15, 0.2) is 64.2 Å². The summed E-state index contributed by atoms with van der Waals surface area (Å²) in [5.41, 5.74) is 4.08. The van der Waals surface area contributed by atoms with Gasteiger partial charge in [-0.25, -0.2) is 5.43 Å². The van der Waals surface area contributed by atoms with Crippen molar-refractivity contribution in [2.75, 3.05) is 6.61 Å². The van der Waals surface area contributed by atoms with Crippen molar-refractivity contribution in [2.45, 2.75) is 18.9 Å². The Kier molecular flexibility index (Phi) is 5.11. The summed E-state index contributed by atoms with van der Waals surface area (Å²) >= 11 is 3.45. The number of carbonyl (C=O) groups is 1. The predicted molar refractivity (Wildman–Crippen MR) is 97.7 cm³/mol. The molecule has 4 nitrogen and oxygen atoms in total. The minimum absolute atomic E-state index is 0.115. The monoisotopic (exact) mass is 386 g/mol. The van der Waals surface area contributed by atoms with Gasteiger partial charge in [0, 0.05) is 16.6 Å². The van der Waals surface area contributed by atoms with Crippen molar-refractivity contribution < 1.29 is 9.53 Å². The fourth-order valence-corrected chi connectivity index (χ4v) is 3.30. The van der Waals surface area contributed by atoms with Crippen LogP contribution in [-0.2, 0) is 15.1 Å². The smallest absolute Gasteiger partial charge is 0.246 e. The van der Waals surface area contributed by atoms with E-state index in [1.54, 1.807) is 6.21 Å². The number of rotatable bonds is 6. The van der Waals surface area contributed by atoms with Crippen molar-refractivity contribution in [1.29, 1.82) is 0 Å². The third kappa shape index (κ3) is 3.42. The Morgan fingerprint density at radius 2 is 2.00 bits per heavy atom. The largest absolute Gasteiger partial charge is 0.370 e. The summed E-state index contributed by atoms with van der Waals surface area (Å²) in [6.45, 7) is 2.52. The highest BCUT2D eigenvalue weighted by Gasteiger charge is 2.60. The van der Waals surface area contributed by atoms with Gasteiger partial charge in [-0.2, -0.15) is 5.10 Å². The van der Waals surface area contributed by atoms with Crippen LogP contribution in [0.1, 0.15) is 24.5 Å². The molecular weight excluding hydrogens is 368 g/mol. The molecule has 1 aliphatic carbocycles. The first-order valence-electron chi connectivity index (χ1n) is 7.94. The number of halogens is 1. The Morgan fingerprint density at radius 1 is 1.29 bits per heavy atom. The highest BCUT2D eigenvalue weighted by Crippen LogP contribution is 2.55. The van der Waals surface area contributed by atoms with Crippen LogP contribution in [0.5, 0.6) is 0 Å². The lowest BCUT2D eigenvalue weighted by atomic mass is 10.1. The molecule has 1 fully saturated rings. The second kappa shape index (κ2) is 7.28. The van der Waals surface area contributed by atoms with Crippen LogP contribution in [0.2, 0.25) is 0 Å². The van der Waals surface area contributed by atoms with Crippen LogP contribution in [-0.4, -0.2) is 18.7 Å². The molecule has 0 saturated heterocycles. The lowest BCUT2D eigenvalue weighted by Gasteiger charge is -2.17. The van der Waals surface area contributed by atoms with Crippen LogP contribution >= 0.6 is 15.9 Å². The molecule has 24 heavy (non-hydrogen) atoms. The van der Waals surface area contributed by atoms with E-state index in [4.69, 9.17) is 4.74 Å². The number of hydrazone groups is 1. The van der Waals surface area contributed by atoms with Crippen molar-refractivity contribution in [2.24, 2.45) is 11.0 Å². The Labute approximate surface area is 150 Å². The van der Waals surface area contributed by atoms with E-state index in [-0.39, 0.29) is 11.8 Å². The van der Waals surface area contributed by atoms with Crippen molar-refractivity contribution >= 4 is 28.1 Å². The zero-order chi connectivity index (χ0) is 17.0. The summed E-state index contributed by atoms with van der Waals surface area (Å²) in [5, 5.41) is 4.07. The van der Waals surface area contributed by atoms with E-state index in [0.29, 0.717) is 13.0 Å². The normalized spacial score (nSPS) is 22.5. The zero-order valence-electron chi connectivity index (χ0n) is 13.4. The SMILES string of the molecule is CCO[C@@]1(c2ccccc2)C[C@@H]1C(=O)N/N=C\c1ccccc1Br. The van der Waals surface area contributed by atoms with Gasteiger partial charge in [0.25, 0.3) is 0 Å². The molecule has 2 atom stereocenters. The molecule has 124 valence electrons. The third-order valence-corrected chi connectivity index (χ3v) is 4.90. The molecule has 0 unspecified atom stereocenters. The number of ether oxygens (including phenoxy) is 1. The molecule has 0 heterocycles. The third-order valence-electron chi connectivity index (χ3n) is 4.17. The summed E-state index contributed by atoms with van der Waals surface area (Å²) < 4.78 is 6.86. The lowest BCUT2D eigenvalue weighted by Crippen LogP contribution is -2.26. The van der Waals surface area contributed by atoms with Crippen LogP contribution in [0.3, 0.4) is 0 Å². The number of nitrogens with one attached hydrogen (secondary N) is 1. The first-order valence-corrected chi connectivity index (χ1v) is 8.73. The number of nitrogens with zero attached hydrogens (tertiary/aromatic N) is 1. The first-order chi connectivity index (χ1) is 11.7. The molecule has 1 aliphatic rings. The molecule has 1 saturated carbocycles. The maximum absolute atomic E-state index is 12.4. The summed E-state index contributed by atoms with van der Waals surface area (Å²) in [6.07, 6.45) is 2.32. The summed E-state index contributed by atoms with van der Waals surface area (Å²) in [6, 6.07) is 17.6. The highest BCUT2D eigenvalue weighted by atomic mass is 79.9. The van der Waals surface area contributed by atoms with Gasteiger partial charge in [-0.15, -0.1) is 0 Å². The molecule has 0 aromatic heterocycles. The fraction of sp³-hybridized carbons (Fsp3) is 0.263. The van der Waals surface area contributed by atoms with E-state index in [9.17, 15) is 4.79 Å². The Hall–Kier alpha value is -1.98. The average Bonchev–Trinajstić information content (AvgIpc) is 3.33. The number of hydrogen-bond acceptors (Lipinski definition) is 3. The molecule has 2 aromatic carbocycles. The van der Waals surface area contributed by atoms with Crippen molar-refractivity contribution in [3.8, 4) is 0 Å². The van der Waals surface area contributed by atoms with E-state index < -0.39 is 5.60 Å². The van der Waals surface area contributed by atoms with Crippen LogP contribution in [0.25, 0.3) is 0 Å². The molecule has 1 N–H and O–H groups in total. The molecule has 3 rings (SSSR count). The molecule has 0 radical (unpaired) electrons. The molecular formula is C19H19BrN2O2. The average molecular weight is 387 g/mol. The molecule has 5 heteroatoms. The lowest BCUT2D eigenvalue weighted by molar-refractivity contribution is -0.124.